The van der Waals surface area contributed by atoms with Gasteiger partial charge in [0.2, 0.25) is 0 Å². The van der Waals surface area contributed by atoms with Crippen LogP contribution in [0.25, 0.3) is 0 Å². The molecule has 0 atom stereocenters. The lowest BCUT2D eigenvalue weighted by Crippen LogP contribution is -1.93. The fourth-order valence-corrected chi connectivity index (χ4v) is 1.32. The minimum atomic E-state index is 0.732. The summed E-state index contributed by atoms with van der Waals surface area (Å²) in [6.07, 6.45) is 5.26. The van der Waals surface area contributed by atoms with Gasteiger partial charge >= 0.3 is 0 Å². The molecule has 0 saturated carbocycles. The van der Waals surface area contributed by atoms with Crippen LogP contribution in [-0.2, 0) is 6.54 Å². The minimum Gasteiger partial charge on any atom is -0.454 e. The van der Waals surface area contributed by atoms with E-state index in [0.29, 0.717) is 0 Å². The first-order valence-corrected chi connectivity index (χ1v) is 5.16. The molecule has 0 bridgehead atoms. The summed E-state index contributed by atoms with van der Waals surface area (Å²) in [5.41, 5.74) is 0. The predicted molar refractivity (Wildman–Crippen MR) is 61.8 cm³/mol. The van der Waals surface area contributed by atoms with Crippen molar-refractivity contribution >= 4 is 5.82 Å². The lowest BCUT2D eigenvalue weighted by Gasteiger charge is -2.04. The van der Waals surface area contributed by atoms with Crippen molar-refractivity contribution in [2.75, 3.05) is 12.4 Å². The molecular formula is C11H14N4O. The van der Waals surface area contributed by atoms with Gasteiger partial charge in [0.15, 0.2) is 5.75 Å². The quantitative estimate of drug-likeness (QED) is 0.854. The van der Waals surface area contributed by atoms with E-state index in [2.05, 4.69) is 15.4 Å². The highest BCUT2D eigenvalue weighted by molar-refractivity contribution is 5.41. The van der Waals surface area contributed by atoms with Crippen LogP contribution in [0, 0.1) is 0 Å². The first-order chi connectivity index (χ1) is 7.81. The van der Waals surface area contributed by atoms with Gasteiger partial charge in [0.05, 0.1) is 12.4 Å². The van der Waals surface area contributed by atoms with Crippen LogP contribution in [-0.4, -0.2) is 21.8 Å². The fourth-order valence-electron chi connectivity index (χ4n) is 1.32. The summed E-state index contributed by atoms with van der Waals surface area (Å²) < 4.78 is 7.45. The zero-order valence-corrected chi connectivity index (χ0v) is 9.34. The molecule has 0 aliphatic carbocycles. The van der Waals surface area contributed by atoms with Gasteiger partial charge in [-0.15, -0.1) is 0 Å². The zero-order valence-electron chi connectivity index (χ0n) is 9.34. The summed E-state index contributed by atoms with van der Waals surface area (Å²) in [4.78, 5) is 4.11. The monoisotopic (exact) mass is 218 g/mol. The molecule has 0 spiro atoms. The average molecular weight is 218 g/mol. The topological polar surface area (TPSA) is 52.0 Å². The number of pyridine rings is 1. The molecule has 2 aromatic rings. The van der Waals surface area contributed by atoms with Crippen LogP contribution in [0.2, 0.25) is 0 Å². The third kappa shape index (κ3) is 2.31. The molecule has 16 heavy (non-hydrogen) atoms. The molecule has 0 saturated heterocycles. The van der Waals surface area contributed by atoms with Crippen molar-refractivity contribution in [3.63, 3.8) is 0 Å². The molecule has 1 N–H and O–H groups in total. The Bertz CT molecular complexity index is 467. The molecule has 2 aromatic heterocycles. The Labute approximate surface area is 94.1 Å². The van der Waals surface area contributed by atoms with Gasteiger partial charge in [-0.25, -0.2) is 4.98 Å². The predicted octanol–water partition coefficient (Wildman–Crippen LogP) is 2.13. The maximum absolute atomic E-state index is 5.64. The van der Waals surface area contributed by atoms with Crippen LogP contribution < -0.4 is 10.1 Å². The number of hydrogen-bond donors (Lipinski definition) is 1. The molecule has 0 radical (unpaired) electrons. The Morgan fingerprint density at radius 2 is 2.31 bits per heavy atom. The number of hydrogen-bond acceptors (Lipinski definition) is 4. The van der Waals surface area contributed by atoms with Gasteiger partial charge in [-0.3, -0.25) is 4.68 Å². The molecule has 0 aliphatic heterocycles. The van der Waals surface area contributed by atoms with Crippen LogP contribution in [0.1, 0.15) is 6.92 Å². The van der Waals surface area contributed by atoms with E-state index >= 15 is 0 Å². The first-order valence-electron chi connectivity index (χ1n) is 5.16. The lowest BCUT2D eigenvalue weighted by atomic mass is 10.4. The lowest BCUT2D eigenvalue weighted by molar-refractivity contribution is 0.481. The summed E-state index contributed by atoms with van der Waals surface area (Å²) in [6.45, 7) is 2.86. The van der Waals surface area contributed by atoms with Crippen molar-refractivity contribution in [1.29, 1.82) is 0 Å². The smallest absolute Gasteiger partial charge is 0.165 e. The van der Waals surface area contributed by atoms with Gasteiger partial charge in [0, 0.05) is 25.9 Å². The van der Waals surface area contributed by atoms with Crippen molar-refractivity contribution in [3.05, 3.63) is 30.7 Å². The van der Waals surface area contributed by atoms with Crippen LogP contribution in [0.5, 0.6) is 11.5 Å². The van der Waals surface area contributed by atoms with Gasteiger partial charge in [-0.2, -0.15) is 5.10 Å². The summed E-state index contributed by atoms with van der Waals surface area (Å²) in [5.74, 6) is 2.26. The maximum Gasteiger partial charge on any atom is 0.165 e. The van der Waals surface area contributed by atoms with E-state index in [9.17, 15) is 0 Å². The van der Waals surface area contributed by atoms with E-state index in [1.807, 2.05) is 37.0 Å². The second-order valence-corrected chi connectivity index (χ2v) is 3.26. The van der Waals surface area contributed by atoms with E-state index in [0.717, 1.165) is 23.9 Å². The van der Waals surface area contributed by atoms with E-state index in [4.69, 9.17) is 4.74 Å². The van der Waals surface area contributed by atoms with Gasteiger partial charge in [-0.05, 0) is 13.0 Å². The highest BCUT2D eigenvalue weighted by Crippen LogP contribution is 2.21. The molecule has 2 heterocycles. The van der Waals surface area contributed by atoms with Gasteiger partial charge in [-0.1, -0.05) is 0 Å². The Morgan fingerprint density at radius 1 is 1.44 bits per heavy atom. The molecule has 0 aromatic carbocycles. The van der Waals surface area contributed by atoms with Crippen molar-refractivity contribution in [3.8, 4) is 11.5 Å². The Kier molecular flexibility index (Phi) is 3.05. The molecule has 0 fully saturated rings. The van der Waals surface area contributed by atoms with Gasteiger partial charge in [0.25, 0.3) is 0 Å². The van der Waals surface area contributed by atoms with Crippen LogP contribution in [0.15, 0.2) is 30.7 Å². The standard InChI is InChI=1S/C11H14N4O/c1-3-15-8-10(7-14-15)16-9-4-5-13-11(6-9)12-2/h4-8H,3H2,1-2H3,(H,12,13). The van der Waals surface area contributed by atoms with E-state index < -0.39 is 0 Å². The zero-order chi connectivity index (χ0) is 11.4. The Balaban J connectivity index is 2.13. The third-order valence-corrected chi connectivity index (χ3v) is 2.16. The molecule has 5 nitrogen and oxygen atoms in total. The van der Waals surface area contributed by atoms with E-state index in [1.54, 1.807) is 12.4 Å². The van der Waals surface area contributed by atoms with Crippen LogP contribution in [0.4, 0.5) is 5.82 Å². The van der Waals surface area contributed by atoms with Crippen molar-refractivity contribution in [1.82, 2.24) is 14.8 Å². The van der Waals surface area contributed by atoms with Gasteiger partial charge in [0.1, 0.15) is 11.6 Å². The summed E-state index contributed by atoms with van der Waals surface area (Å²) >= 11 is 0. The van der Waals surface area contributed by atoms with Crippen molar-refractivity contribution in [2.45, 2.75) is 13.5 Å². The molecular weight excluding hydrogens is 204 g/mol. The number of anilines is 1. The normalized spacial score (nSPS) is 10.1. The van der Waals surface area contributed by atoms with Crippen molar-refractivity contribution < 1.29 is 4.74 Å². The van der Waals surface area contributed by atoms with Gasteiger partial charge < -0.3 is 10.1 Å². The maximum atomic E-state index is 5.64. The third-order valence-electron chi connectivity index (χ3n) is 2.16. The largest absolute Gasteiger partial charge is 0.454 e. The second kappa shape index (κ2) is 4.65. The highest BCUT2D eigenvalue weighted by atomic mass is 16.5. The Hall–Kier alpha value is -2.04. The summed E-state index contributed by atoms with van der Waals surface area (Å²) in [7, 11) is 1.82. The number of rotatable bonds is 4. The number of nitrogens with zero attached hydrogens (tertiary/aromatic N) is 3. The second-order valence-electron chi connectivity index (χ2n) is 3.26. The van der Waals surface area contributed by atoms with E-state index in [1.165, 1.54) is 0 Å². The van der Waals surface area contributed by atoms with E-state index in [-0.39, 0.29) is 0 Å². The molecule has 5 heteroatoms. The molecule has 84 valence electrons. The van der Waals surface area contributed by atoms with Crippen LogP contribution in [0.3, 0.4) is 0 Å². The van der Waals surface area contributed by atoms with Crippen molar-refractivity contribution in [2.24, 2.45) is 0 Å². The number of nitrogens with one attached hydrogen (secondary N) is 1. The molecule has 0 amide bonds. The first kappa shape index (κ1) is 10.5. The number of aryl methyl sites for hydroxylation is 1. The number of ether oxygens (including phenoxy) is 1. The number of aromatic nitrogens is 3. The SMILES string of the molecule is CCn1cc(Oc2ccnc(NC)c2)cn1. The summed E-state index contributed by atoms with van der Waals surface area (Å²) in [5, 5.41) is 7.09. The molecule has 2 rings (SSSR count). The molecule has 0 aliphatic rings. The van der Waals surface area contributed by atoms with Crippen LogP contribution >= 0.6 is 0 Å². The molecule has 0 unspecified atom stereocenters. The summed E-state index contributed by atoms with van der Waals surface area (Å²) in [6, 6.07) is 3.65. The average Bonchev–Trinajstić information content (AvgIpc) is 2.77. The Morgan fingerprint density at radius 3 is 3.00 bits per heavy atom. The fraction of sp³-hybridized carbons (Fsp3) is 0.273. The highest BCUT2D eigenvalue weighted by Gasteiger charge is 2.01. The minimum absolute atomic E-state index is 0.732.